The molecule has 2 rings (SSSR count). The molecule has 1 heteroatoms. The molecular formula is C14H19N. The van der Waals surface area contributed by atoms with E-state index in [1.165, 1.54) is 30.4 Å². The van der Waals surface area contributed by atoms with Crippen LogP contribution in [0.2, 0.25) is 0 Å². The van der Waals surface area contributed by atoms with Gasteiger partial charge in [0.2, 0.25) is 0 Å². The number of hydrogen-bond acceptors (Lipinski definition) is 1. The van der Waals surface area contributed by atoms with Crippen LogP contribution in [0.4, 0.5) is 5.69 Å². The van der Waals surface area contributed by atoms with Crippen molar-refractivity contribution in [1.82, 2.24) is 0 Å². The first-order valence-corrected chi connectivity index (χ1v) is 5.62. The van der Waals surface area contributed by atoms with Crippen molar-refractivity contribution in [3.05, 3.63) is 35.9 Å². The van der Waals surface area contributed by atoms with E-state index in [2.05, 4.69) is 32.1 Å². The average molecular weight is 201 g/mol. The first kappa shape index (κ1) is 10.3. The van der Waals surface area contributed by atoms with Crippen LogP contribution in [-0.2, 0) is 0 Å². The first-order chi connectivity index (χ1) is 7.07. The molecule has 0 spiro atoms. The fourth-order valence-electron chi connectivity index (χ4n) is 2.23. The van der Waals surface area contributed by atoms with Crippen molar-refractivity contribution in [3.63, 3.8) is 0 Å². The van der Waals surface area contributed by atoms with Gasteiger partial charge in [0.05, 0.1) is 0 Å². The van der Waals surface area contributed by atoms with Crippen molar-refractivity contribution in [3.8, 4) is 0 Å². The molecule has 1 aliphatic rings. The third-order valence-corrected chi connectivity index (χ3v) is 3.16. The van der Waals surface area contributed by atoms with Crippen LogP contribution in [0.3, 0.4) is 0 Å². The van der Waals surface area contributed by atoms with Gasteiger partial charge >= 0.3 is 0 Å². The number of nitrogen functional groups attached to an aromatic ring is 1. The quantitative estimate of drug-likeness (QED) is 0.686. The topological polar surface area (TPSA) is 26.0 Å². The Kier molecular flexibility index (Phi) is 2.56. The van der Waals surface area contributed by atoms with E-state index in [0.717, 1.165) is 5.69 Å². The number of nitrogens with two attached hydrogens (primary N) is 1. The molecule has 0 aliphatic heterocycles. The molecule has 0 saturated carbocycles. The van der Waals surface area contributed by atoms with E-state index >= 15 is 0 Å². The summed E-state index contributed by atoms with van der Waals surface area (Å²) >= 11 is 0. The smallest absolute Gasteiger partial charge is 0.0314 e. The Bertz CT molecular complexity index is 371. The number of hydrogen-bond donors (Lipinski definition) is 1. The lowest BCUT2D eigenvalue weighted by molar-refractivity contribution is 0.338. The van der Waals surface area contributed by atoms with E-state index in [4.69, 9.17) is 5.73 Å². The lowest BCUT2D eigenvalue weighted by Crippen LogP contribution is -2.15. The molecule has 0 unspecified atom stereocenters. The molecule has 0 amide bonds. The average Bonchev–Trinajstić information content (AvgIpc) is 2.17. The summed E-state index contributed by atoms with van der Waals surface area (Å²) in [6, 6.07) is 8.22. The SMILES string of the molecule is CC1(C)CCC=C(c2ccc(N)cc2)C1. The van der Waals surface area contributed by atoms with Crippen LogP contribution in [0, 0.1) is 5.41 Å². The largest absolute Gasteiger partial charge is 0.399 e. The zero-order valence-corrected chi connectivity index (χ0v) is 9.59. The third-order valence-electron chi connectivity index (χ3n) is 3.16. The normalized spacial score (nSPS) is 19.7. The number of benzene rings is 1. The summed E-state index contributed by atoms with van der Waals surface area (Å²) in [5, 5.41) is 0. The van der Waals surface area contributed by atoms with Crippen LogP contribution in [0.1, 0.15) is 38.7 Å². The molecule has 1 nitrogen and oxygen atoms in total. The highest BCUT2D eigenvalue weighted by Gasteiger charge is 2.23. The molecule has 80 valence electrons. The molecule has 0 saturated heterocycles. The van der Waals surface area contributed by atoms with Crippen LogP contribution in [-0.4, -0.2) is 0 Å². The van der Waals surface area contributed by atoms with Crippen LogP contribution in [0.5, 0.6) is 0 Å². The van der Waals surface area contributed by atoms with Crippen LogP contribution in [0.25, 0.3) is 5.57 Å². The molecule has 0 atom stereocenters. The Hall–Kier alpha value is -1.24. The van der Waals surface area contributed by atoms with Crippen molar-refractivity contribution in [2.24, 2.45) is 5.41 Å². The number of allylic oxidation sites excluding steroid dienone is 2. The van der Waals surface area contributed by atoms with Crippen LogP contribution >= 0.6 is 0 Å². The van der Waals surface area contributed by atoms with Gasteiger partial charge < -0.3 is 5.73 Å². The summed E-state index contributed by atoms with van der Waals surface area (Å²) in [7, 11) is 0. The summed E-state index contributed by atoms with van der Waals surface area (Å²) < 4.78 is 0. The van der Waals surface area contributed by atoms with Crippen molar-refractivity contribution < 1.29 is 0 Å². The Morgan fingerprint density at radius 2 is 1.80 bits per heavy atom. The lowest BCUT2D eigenvalue weighted by atomic mass is 9.76. The van der Waals surface area contributed by atoms with E-state index < -0.39 is 0 Å². The Balaban J connectivity index is 2.24. The third kappa shape index (κ3) is 2.41. The fraction of sp³-hybridized carbons (Fsp3) is 0.429. The maximum Gasteiger partial charge on any atom is 0.0314 e. The molecule has 1 aliphatic carbocycles. The zero-order chi connectivity index (χ0) is 10.9. The van der Waals surface area contributed by atoms with Gasteiger partial charge in [-0.05, 0) is 47.9 Å². The van der Waals surface area contributed by atoms with Crippen molar-refractivity contribution in [2.75, 3.05) is 5.73 Å². The monoisotopic (exact) mass is 201 g/mol. The van der Waals surface area contributed by atoms with Crippen molar-refractivity contribution in [1.29, 1.82) is 0 Å². The van der Waals surface area contributed by atoms with Crippen LogP contribution < -0.4 is 5.73 Å². The van der Waals surface area contributed by atoms with Gasteiger partial charge in [0.15, 0.2) is 0 Å². The van der Waals surface area contributed by atoms with Gasteiger partial charge in [-0.25, -0.2) is 0 Å². The van der Waals surface area contributed by atoms with Gasteiger partial charge in [-0.2, -0.15) is 0 Å². The van der Waals surface area contributed by atoms with Gasteiger partial charge in [0, 0.05) is 5.69 Å². The summed E-state index contributed by atoms with van der Waals surface area (Å²) in [4.78, 5) is 0. The molecular weight excluding hydrogens is 182 g/mol. The van der Waals surface area contributed by atoms with E-state index in [-0.39, 0.29) is 0 Å². The summed E-state index contributed by atoms with van der Waals surface area (Å²) in [5.74, 6) is 0. The number of rotatable bonds is 1. The zero-order valence-electron chi connectivity index (χ0n) is 9.59. The second-order valence-electron chi connectivity index (χ2n) is 5.23. The molecule has 1 aromatic carbocycles. The summed E-state index contributed by atoms with van der Waals surface area (Å²) in [6.07, 6.45) is 6.05. The van der Waals surface area contributed by atoms with E-state index in [9.17, 15) is 0 Å². The van der Waals surface area contributed by atoms with E-state index in [1.807, 2.05) is 12.1 Å². The standard InChI is InChI=1S/C14H19N/c1-14(2)9-3-4-12(10-14)11-5-7-13(15)8-6-11/h4-8H,3,9-10,15H2,1-2H3. The highest BCUT2D eigenvalue weighted by Crippen LogP contribution is 2.39. The van der Waals surface area contributed by atoms with Gasteiger partial charge in [-0.1, -0.05) is 32.1 Å². The highest BCUT2D eigenvalue weighted by atomic mass is 14.5. The van der Waals surface area contributed by atoms with Gasteiger partial charge in [-0.15, -0.1) is 0 Å². The Morgan fingerprint density at radius 1 is 1.13 bits per heavy atom. The minimum Gasteiger partial charge on any atom is -0.399 e. The Morgan fingerprint density at radius 3 is 2.40 bits per heavy atom. The lowest BCUT2D eigenvalue weighted by Gasteiger charge is -2.29. The second kappa shape index (κ2) is 3.73. The minimum atomic E-state index is 0.450. The van der Waals surface area contributed by atoms with E-state index in [1.54, 1.807) is 0 Å². The minimum absolute atomic E-state index is 0.450. The first-order valence-electron chi connectivity index (χ1n) is 5.62. The van der Waals surface area contributed by atoms with E-state index in [0.29, 0.717) is 5.41 Å². The predicted octanol–water partition coefficient (Wildman–Crippen LogP) is 3.86. The molecule has 0 fully saturated rings. The molecule has 0 bridgehead atoms. The molecule has 2 N–H and O–H groups in total. The maximum absolute atomic E-state index is 5.69. The maximum atomic E-state index is 5.69. The van der Waals surface area contributed by atoms with Gasteiger partial charge in [0.1, 0.15) is 0 Å². The van der Waals surface area contributed by atoms with Gasteiger partial charge in [-0.3, -0.25) is 0 Å². The molecule has 15 heavy (non-hydrogen) atoms. The second-order valence-corrected chi connectivity index (χ2v) is 5.23. The predicted molar refractivity (Wildman–Crippen MR) is 66.5 cm³/mol. The summed E-state index contributed by atoms with van der Waals surface area (Å²) in [5.41, 5.74) is 9.79. The summed E-state index contributed by atoms with van der Waals surface area (Å²) in [6.45, 7) is 4.69. The van der Waals surface area contributed by atoms with Crippen molar-refractivity contribution in [2.45, 2.75) is 33.1 Å². The molecule has 0 heterocycles. The molecule has 1 aromatic rings. The van der Waals surface area contributed by atoms with Crippen LogP contribution in [0.15, 0.2) is 30.3 Å². The number of anilines is 1. The molecule has 0 radical (unpaired) electrons. The molecule has 0 aromatic heterocycles. The van der Waals surface area contributed by atoms with Crippen molar-refractivity contribution >= 4 is 11.3 Å². The fourth-order valence-corrected chi connectivity index (χ4v) is 2.23. The highest BCUT2D eigenvalue weighted by molar-refractivity contribution is 5.68. The Labute approximate surface area is 92.0 Å². The van der Waals surface area contributed by atoms with Gasteiger partial charge in [0.25, 0.3) is 0 Å².